The van der Waals surface area contributed by atoms with E-state index in [1.807, 2.05) is 31.2 Å². The molecule has 3 rings (SSSR count). The van der Waals surface area contributed by atoms with Gasteiger partial charge < -0.3 is 36.6 Å². The molecule has 1 aliphatic heterocycles. The Morgan fingerprint density at radius 3 is 2.02 bits per heavy atom. The molecule has 1 saturated heterocycles. The van der Waals surface area contributed by atoms with E-state index in [4.69, 9.17) is 15.6 Å². The van der Waals surface area contributed by atoms with Gasteiger partial charge in [0.25, 0.3) is 11.8 Å². The first kappa shape index (κ1) is 30.6. The summed E-state index contributed by atoms with van der Waals surface area (Å²) in [4.78, 5) is 50.7. The molecule has 0 radical (unpaired) electrons. The average molecular weight is 555 g/mol. The Hall–Kier alpha value is -3.96. The molecule has 2 aromatic rings. The van der Waals surface area contributed by atoms with Crippen LogP contribution < -0.4 is 21.7 Å². The highest BCUT2D eigenvalue weighted by molar-refractivity contribution is 5.97. The molecule has 0 bridgehead atoms. The van der Waals surface area contributed by atoms with Gasteiger partial charge in [-0.25, -0.2) is 0 Å². The van der Waals surface area contributed by atoms with Crippen LogP contribution in [0.25, 0.3) is 0 Å². The minimum absolute atomic E-state index is 0.0663. The zero-order chi connectivity index (χ0) is 29.1. The van der Waals surface area contributed by atoms with Gasteiger partial charge in [-0.3, -0.25) is 19.2 Å². The maximum absolute atomic E-state index is 13.3. The smallest absolute Gasteiger partial charge is 0.253 e. The number of benzene rings is 2. The molecule has 0 unspecified atom stereocenters. The predicted molar refractivity (Wildman–Crippen MR) is 147 cm³/mol. The number of ether oxygens (including phenoxy) is 1. The molecule has 4 amide bonds. The second-order valence-electron chi connectivity index (χ2n) is 9.99. The number of unbranched alkanes of at least 4 members (excludes halogenated alkanes) is 3. The molecule has 40 heavy (non-hydrogen) atoms. The van der Waals surface area contributed by atoms with Crippen molar-refractivity contribution in [3.8, 4) is 5.75 Å². The van der Waals surface area contributed by atoms with Crippen LogP contribution in [0.15, 0.2) is 48.5 Å². The van der Waals surface area contributed by atoms with Crippen molar-refractivity contribution in [2.45, 2.75) is 69.7 Å². The third-order valence-electron chi connectivity index (χ3n) is 6.62. The molecule has 216 valence electrons. The molecule has 11 heteroatoms. The number of rotatable bonds is 16. The number of aryl methyl sites for hydroxylation is 1. The Balaban J connectivity index is 1.61. The minimum Gasteiger partial charge on any atom is -0.508 e. The number of epoxide rings is 1. The molecule has 1 fully saturated rings. The third kappa shape index (κ3) is 9.65. The summed E-state index contributed by atoms with van der Waals surface area (Å²) in [6.07, 6.45) is 1.48. The van der Waals surface area contributed by atoms with E-state index < -0.39 is 47.9 Å². The molecule has 11 nitrogen and oxygen atoms in total. The van der Waals surface area contributed by atoms with Gasteiger partial charge in [0.15, 0.2) is 12.2 Å². The van der Waals surface area contributed by atoms with Crippen molar-refractivity contribution in [1.82, 2.24) is 16.0 Å². The summed E-state index contributed by atoms with van der Waals surface area (Å²) in [5, 5.41) is 26.4. The van der Waals surface area contributed by atoms with Crippen LogP contribution in [0, 0.1) is 6.92 Å². The molecule has 0 spiro atoms. The lowest BCUT2D eigenvalue weighted by Gasteiger charge is -2.22. The molecular weight excluding hydrogens is 516 g/mol. The highest BCUT2D eigenvalue weighted by Crippen LogP contribution is 2.23. The Labute approximate surface area is 233 Å². The molecule has 0 aromatic heterocycles. The fraction of sp³-hybridized carbons (Fsp3) is 0.448. The summed E-state index contributed by atoms with van der Waals surface area (Å²) in [7, 11) is 0. The standard InChI is InChI=1S/C29H38N4O7/c1-18-6-8-19(9-7-18)17-23(27(37)32-22(26(30)36)16-20-10-12-21(35)13-11-20)33-29(39)25-24(40-25)28(38)31-14-4-2-3-5-15-34/h6-13,22-25,34-35H,2-5,14-17H2,1H3,(H2,30,36)(H,31,38)(H,32,37)(H,33,39)/t22-,23-,24-,25-/m0/s1. The van der Waals surface area contributed by atoms with Crippen molar-refractivity contribution < 1.29 is 34.1 Å². The van der Waals surface area contributed by atoms with Crippen molar-refractivity contribution in [3.05, 3.63) is 65.2 Å². The van der Waals surface area contributed by atoms with Crippen molar-refractivity contribution in [3.63, 3.8) is 0 Å². The van der Waals surface area contributed by atoms with Crippen LogP contribution in [-0.4, -0.2) is 71.3 Å². The van der Waals surface area contributed by atoms with E-state index in [1.54, 1.807) is 12.1 Å². The highest BCUT2D eigenvalue weighted by atomic mass is 16.6. The quantitative estimate of drug-likeness (QED) is 0.128. The number of carbonyl (C=O) groups is 4. The number of carbonyl (C=O) groups excluding carboxylic acids is 4. The highest BCUT2D eigenvalue weighted by Gasteiger charge is 2.50. The van der Waals surface area contributed by atoms with Crippen LogP contribution in [0.2, 0.25) is 0 Å². The van der Waals surface area contributed by atoms with Gasteiger partial charge in [0.2, 0.25) is 11.8 Å². The van der Waals surface area contributed by atoms with E-state index in [9.17, 15) is 24.3 Å². The van der Waals surface area contributed by atoms with E-state index in [1.165, 1.54) is 12.1 Å². The van der Waals surface area contributed by atoms with Crippen LogP contribution >= 0.6 is 0 Å². The van der Waals surface area contributed by atoms with Crippen LogP contribution in [-0.2, 0) is 36.8 Å². The zero-order valence-corrected chi connectivity index (χ0v) is 22.6. The SMILES string of the molecule is Cc1ccc(C[C@H](NC(=O)[C@H]2O[C@@H]2C(=O)NCCCCCCO)C(=O)N[C@@H](Cc2ccc(O)cc2)C(N)=O)cc1. The fourth-order valence-corrected chi connectivity index (χ4v) is 4.20. The molecule has 1 heterocycles. The zero-order valence-electron chi connectivity index (χ0n) is 22.6. The first-order valence-electron chi connectivity index (χ1n) is 13.5. The number of primary amides is 1. The minimum atomic E-state index is -1.06. The van der Waals surface area contributed by atoms with Crippen LogP contribution in [0.4, 0.5) is 0 Å². The number of hydrogen-bond donors (Lipinski definition) is 6. The summed E-state index contributed by atoms with van der Waals surface area (Å²) in [6.45, 7) is 2.51. The second-order valence-corrected chi connectivity index (χ2v) is 9.99. The van der Waals surface area contributed by atoms with Gasteiger partial charge in [0.1, 0.15) is 17.8 Å². The van der Waals surface area contributed by atoms with Crippen molar-refractivity contribution in [1.29, 1.82) is 0 Å². The van der Waals surface area contributed by atoms with E-state index in [0.717, 1.165) is 36.8 Å². The Morgan fingerprint density at radius 1 is 0.825 bits per heavy atom. The number of aliphatic hydroxyl groups is 1. The fourth-order valence-electron chi connectivity index (χ4n) is 4.20. The first-order chi connectivity index (χ1) is 19.2. The molecule has 1 aliphatic rings. The van der Waals surface area contributed by atoms with Crippen LogP contribution in [0.3, 0.4) is 0 Å². The lowest BCUT2D eigenvalue weighted by molar-refractivity contribution is -0.131. The van der Waals surface area contributed by atoms with Gasteiger partial charge >= 0.3 is 0 Å². The number of amides is 4. The summed E-state index contributed by atoms with van der Waals surface area (Å²) >= 11 is 0. The van der Waals surface area contributed by atoms with Gasteiger partial charge in [-0.15, -0.1) is 0 Å². The number of phenolic OH excluding ortho intramolecular Hbond substituents is 1. The molecule has 0 saturated carbocycles. The largest absolute Gasteiger partial charge is 0.508 e. The van der Waals surface area contributed by atoms with Crippen LogP contribution in [0.1, 0.15) is 42.4 Å². The van der Waals surface area contributed by atoms with Gasteiger partial charge in [-0.2, -0.15) is 0 Å². The number of phenols is 1. The van der Waals surface area contributed by atoms with Gasteiger partial charge in [0, 0.05) is 26.0 Å². The monoisotopic (exact) mass is 554 g/mol. The molecule has 0 aliphatic carbocycles. The lowest BCUT2D eigenvalue weighted by Crippen LogP contribution is -2.55. The van der Waals surface area contributed by atoms with Gasteiger partial charge in [-0.1, -0.05) is 54.8 Å². The number of nitrogens with two attached hydrogens (primary N) is 1. The van der Waals surface area contributed by atoms with E-state index in [2.05, 4.69) is 16.0 Å². The number of aromatic hydroxyl groups is 1. The van der Waals surface area contributed by atoms with E-state index in [0.29, 0.717) is 12.1 Å². The maximum Gasteiger partial charge on any atom is 0.253 e. The summed E-state index contributed by atoms with van der Waals surface area (Å²) < 4.78 is 5.31. The Kier molecular flexibility index (Phi) is 11.5. The molecule has 2 aromatic carbocycles. The van der Waals surface area contributed by atoms with Crippen molar-refractivity contribution in [2.24, 2.45) is 5.73 Å². The van der Waals surface area contributed by atoms with Gasteiger partial charge in [-0.05, 0) is 43.0 Å². The Morgan fingerprint density at radius 2 is 1.40 bits per heavy atom. The number of nitrogens with one attached hydrogen (secondary N) is 3. The maximum atomic E-state index is 13.3. The molecule has 7 N–H and O–H groups in total. The summed E-state index contributed by atoms with van der Waals surface area (Å²) in [6, 6.07) is 11.5. The average Bonchev–Trinajstić information content (AvgIpc) is 3.73. The lowest BCUT2D eigenvalue weighted by atomic mass is 10.0. The van der Waals surface area contributed by atoms with Crippen LogP contribution in [0.5, 0.6) is 5.75 Å². The number of hydrogen-bond acceptors (Lipinski definition) is 7. The number of aliphatic hydroxyl groups excluding tert-OH is 1. The third-order valence-corrected chi connectivity index (χ3v) is 6.62. The van der Waals surface area contributed by atoms with Crippen molar-refractivity contribution in [2.75, 3.05) is 13.2 Å². The van der Waals surface area contributed by atoms with E-state index >= 15 is 0 Å². The van der Waals surface area contributed by atoms with Crippen molar-refractivity contribution >= 4 is 23.6 Å². The Bertz CT molecular complexity index is 1150. The van der Waals surface area contributed by atoms with E-state index in [-0.39, 0.29) is 25.2 Å². The molecular formula is C29H38N4O7. The summed E-state index contributed by atoms with van der Waals surface area (Å²) in [5.41, 5.74) is 8.04. The normalized spacial score (nSPS) is 17.4. The predicted octanol–water partition coefficient (Wildman–Crippen LogP) is 0.377. The first-order valence-corrected chi connectivity index (χ1v) is 13.5. The topological polar surface area (TPSA) is 183 Å². The summed E-state index contributed by atoms with van der Waals surface area (Å²) in [5.74, 6) is -2.30. The second kappa shape index (κ2) is 15.0. The van der Waals surface area contributed by atoms with Gasteiger partial charge in [0.05, 0.1) is 0 Å². The molecule has 4 atom stereocenters.